The van der Waals surface area contributed by atoms with Crippen molar-refractivity contribution in [3.63, 3.8) is 0 Å². The summed E-state index contributed by atoms with van der Waals surface area (Å²) in [4.78, 5) is 16.0. The molecule has 7 heteroatoms. The SMILES string of the molecule is N=C(N)c1nc2ccc(OC(=O)c3ccoc3)cc2s1. The molecule has 0 aliphatic heterocycles. The van der Waals surface area contributed by atoms with Gasteiger partial charge in [-0.25, -0.2) is 9.78 Å². The van der Waals surface area contributed by atoms with Crippen LogP contribution in [-0.2, 0) is 0 Å². The Hall–Kier alpha value is -2.67. The highest BCUT2D eigenvalue weighted by atomic mass is 32.1. The summed E-state index contributed by atoms with van der Waals surface area (Å²) in [6.07, 6.45) is 2.73. The summed E-state index contributed by atoms with van der Waals surface area (Å²) in [5, 5.41) is 7.80. The summed E-state index contributed by atoms with van der Waals surface area (Å²) in [6.45, 7) is 0. The highest BCUT2D eigenvalue weighted by Crippen LogP contribution is 2.26. The molecule has 0 radical (unpaired) electrons. The third-order valence-electron chi connectivity index (χ3n) is 2.56. The van der Waals surface area contributed by atoms with Crippen molar-refractivity contribution >= 4 is 33.4 Å². The normalized spacial score (nSPS) is 10.6. The molecule has 0 bridgehead atoms. The lowest BCUT2D eigenvalue weighted by molar-refractivity contribution is 0.0734. The second-order valence-electron chi connectivity index (χ2n) is 3.96. The van der Waals surface area contributed by atoms with E-state index in [0.29, 0.717) is 21.8 Å². The number of amidine groups is 1. The lowest BCUT2D eigenvalue weighted by Crippen LogP contribution is -2.09. The molecule has 0 saturated heterocycles. The van der Waals surface area contributed by atoms with Gasteiger partial charge >= 0.3 is 5.97 Å². The fraction of sp³-hybridized carbons (Fsp3) is 0. The molecule has 0 amide bonds. The van der Waals surface area contributed by atoms with Gasteiger partial charge in [0.2, 0.25) is 0 Å². The molecular formula is C13H9N3O3S. The molecule has 3 N–H and O–H groups in total. The Morgan fingerprint density at radius 2 is 2.25 bits per heavy atom. The van der Waals surface area contributed by atoms with Crippen LogP contribution in [0.4, 0.5) is 0 Å². The maximum absolute atomic E-state index is 11.8. The predicted octanol–water partition coefficient (Wildman–Crippen LogP) is 2.39. The Balaban J connectivity index is 1.89. The van der Waals surface area contributed by atoms with Crippen LogP contribution in [-0.4, -0.2) is 16.8 Å². The van der Waals surface area contributed by atoms with Crippen molar-refractivity contribution in [2.45, 2.75) is 0 Å². The maximum atomic E-state index is 11.8. The molecule has 3 rings (SSSR count). The van der Waals surface area contributed by atoms with Gasteiger partial charge in [0.1, 0.15) is 12.0 Å². The number of thiazole rings is 1. The van der Waals surface area contributed by atoms with E-state index in [-0.39, 0.29) is 5.84 Å². The van der Waals surface area contributed by atoms with Gasteiger partial charge < -0.3 is 14.9 Å². The fourth-order valence-corrected chi connectivity index (χ4v) is 2.49. The summed E-state index contributed by atoms with van der Waals surface area (Å²) < 4.78 is 10.9. The van der Waals surface area contributed by atoms with Gasteiger partial charge in [0.05, 0.1) is 22.0 Å². The highest BCUT2D eigenvalue weighted by Gasteiger charge is 2.12. The zero-order valence-electron chi connectivity index (χ0n) is 10.1. The number of nitrogens with two attached hydrogens (primary N) is 1. The van der Waals surface area contributed by atoms with Crippen LogP contribution < -0.4 is 10.5 Å². The molecule has 100 valence electrons. The van der Waals surface area contributed by atoms with Crippen LogP contribution >= 0.6 is 11.3 Å². The molecule has 6 nitrogen and oxygen atoms in total. The number of aromatic nitrogens is 1. The molecule has 1 aromatic carbocycles. The molecular weight excluding hydrogens is 278 g/mol. The number of rotatable bonds is 3. The molecule has 0 saturated carbocycles. The lowest BCUT2D eigenvalue weighted by Gasteiger charge is -2.01. The van der Waals surface area contributed by atoms with Crippen molar-refractivity contribution in [3.8, 4) is 5.75 Å². The molecule has 3 aromatic rings. The van der Waals surface area contributed by atoms with Gasteiger partial charge in [0, 0.05) is 6.07 Å². The molecule has 0 fully saturated rings. The summed E-state index contributed by atoms with van der Waals surface area (Å²) in [5.41, 5.74) is 6.45. The Morgan fingerprint density at radius 1 is 1.40 bits per heavy atom. The van der Waals surface area contributed by atoms with E-state index in [2.05, 4.69) is 4.98 Å². The Morgan fingerprint density at radius 3 is 2.95 bits per heavy atom. The van der Waals surface area contributed by atoms with Crippen LogP contribution in [0.1, 0.15) is 15.4 Å². The maximum Gasteiger partial charge on any atom is 0.346 e. The Kier molecular flexibility index (Phi) is 2.96. The number of carbonyl (C=O) groups is 1. The average Bonchev–Trinajstić information content (AvgIpc) is 3.07. The Bertz CT molecular complexity index is 792. The van der Waals surface area contributed by atoms with E-state index in [1.807, 2.05) is 0 Å². The van der Waals surface area contributed by atoms with E-state index in [0.717, 1.165) is 4.70 Å². The number of furan rings is 1. The van der Waals surface area contributed by atoms with Gasteiger partial charge in [0.15, 0.2) is 10.8 Å². The van der Waals surface area contributed by atoms with Crippen molar-refractivity contribution in [2.75, 3.05) is 0 Å². The number of nitrogens with one attached hydrogen (secondary N) is 1. The first-order valence-electron chi connectivity index (χ1n) is 5.63. The van der Waals surface area contributed by atoms with Crippen molar-refractivity contribution in [3.05, 3.63) is 47.4 Å². The quantitative estimate of drug-likeness (QED) is 0.333. The first kappa shape index (κ1) is 12.4. The van der Waals surface area contributed by atoms with Crippen molar-refractivity contribution in [1.29, 1.82) is 5.41 Å². The monoisotopic (exact) mass is 287 g/mol. The topological polar surface area (TPSA) is 102 Å². The van der Waals surface area contributed by atoms with Gasteiger partial charge in [-0.15, -0.1) is 11.3 Å². The number of ether oxygens (including phenoxy) is 1. The number of nitrogens with zero attached hydrogens (tertiary/aromatic N) is 1. The number of fused-ring (bicyclic) bond motifs is 1. The highest BCUT2D eigenvalue weighted by molar-refractivity contribution is 7.20. The van der Waals surface area contributed by atoms with Gasteiger partial charge in [-0.05, 0) is 18.2 Å². The van der Waals surface area contributed by atoms with Gasteiger partial charge in [0.25, 0.3) is 0 Å². The number of benzene rings is 1. The summed E-state index contributed by atoms with van der Waals surface area (Å²) >= 11 is 1.27. The van der Waals surface area contributed by atoms with E-state index in [1.54, 1.807) is 18.2 Å². The molecule has 0 unspecified atom stereocenters. The molecule has 0 atom stereocenters. The molecule has 20 heavy (non-hydrogen) atoms. The summed E-state index contributed by atoms with van der Waals surface area (Å²) in [6, 6.07) is 6.58. The molecule has 2 aromatic heterocycles. The van der Waals surface area contributed by atoms with Gasteiger partial charge in [-0.1, -0.05) is 0 Å². The third-order valence-corrected chi connectivity index (χ3v) is 3.61. The van der Waals surface area contributed by atoms with E-state index in [4.69, 9.17) is 20.3 Å². The van der Waals surface area contributed by atoms with Crippen LogP contribution in [0.3, 0.4) is 0 Å². The minimum atomic E-state index is -0.491. The van der Waals surface area contributed by atoms with E-state index in [1.165, 1.54) is 29.9 Å². The fourth-order valence-electron chi connectivity index (χ4n) is 1.63. The summed E-state index contributed by atoms with van der Waals surface area (Å²) in [7, 11) is 0. The van der Waals surface area contributed by atoms with Crippen molar-refractivity contribution in [2.24, 2.45) is 5.73 Å². The van der Waals surface area contributed by atoms with Crippen molar-refractivity contribution < 1.29 is 13.9 Å². The number of hydrogen-bond donors (Lipinski definition) is 2. The average molecular weight is 287 g/mol. The predicted molar refractivity (Wildman–Crippen MR) is 74.3 cm³/mol. The minimum absolute atomic E-state index is 0.0804. The smallest absolute Gasteiger partial charge is 0.346 e. The van der Waals surface area contributed by atoms with Gasteiger partial charge in [-0.3, -0.25) is 5.41 Å². The zero-order valence-corrected chi connectivity index (χ0v) is 10.9. The third kappa shape index (κ3) is 2.26. The number of hydrogen-bond acceptors (Lipinski definition) is 6. The molecule has 0 aliphatic rings. The Labute approximate surface area is 117 Å². The van der Waals surface area contributed by atoms with Crippen molar-refractivity contribution in [1.82, 2.24) is 4.98 Å². The number of carbonyl (C=O) groups excluding carboxylic acids is 1. The minimum Gasteiger partial charge on any atom is -0.472 e. The van der Waals surface area contributed by atoms with E-state index < -0.39 is 5.97 Å². The van der Waals surface area contributed by atoms with Crippen LogP contribution in [0.25, 0.3) is 10.2 Å². The van der Waals surface area contributed by atoms with Crippen LogP contribution in [0.15, 0.2) is 41.2 Å². The van der Waals surface area contributed by atoms with Gasteiger partial charge in [-0.2, -0.15) is 0 Å². The van der Waals surface area contributed by atoms with E-state index in [9.17, 15) is 4.79 Å². The second kappa shape index (κ2) is 4.78. The summed E-state index contributed by atoms with van der Waals surface area (Å²) in [5.74, 6) is -0.167. The van der Waals surface area contributed by atoms with Crippen LogP contribution in [0.5, 0.6) is 5.75 Å². The van der Waals surface area contributed by atoms with Crippen LogP contribution in [0.2, 0.25) is 0 Å². The zero-order chi connectivity index (χ0) is 14.1. The van der Waals surface area contributed by atoms with Crippen LogP contribution in [0, 0.1) is 5.41 Å². The molecule has 0 spiro atoms. The number of esters is 1. The largest absolute Gasteiger partial charge is 0.472 e. The lowest BCUT2D eigenvalue weighted by atomic mass is 10.3. The van der Waals surface area contributed by atoms with E-state index >= 15 is 0 Å². The standard InChI is InChI=1S/C13H9N3O3S/c14-11(15)12-16-9-2-1-8(5-10(9)20-12)19-13(17)7-3-4-18-6-7/h1-6H,(H3,14,15). The molecule has 2 heterocycles. The number of nitrogen functional groups attached to an aromatic ring is 1. The molecule has 0 aliphatic carbocycles. The first-order valence-corrected chi connectivity index (χ1v) is 6.44. The first-order chi connectivity index (χ1) is 9.63. The second-order valence-corrected chi connectivity index (χ2v) is 4.99.